The molecule has 0 radical (unpaired) electrons. The quantitative estimate of drug-likeness (QED) is 0.775. The normalized spacial score (nSPS) is 11.4. The summed E-state index contributed by atoms with van der Waals surface area (Å²) in [5.41, 5.74) is 4.73. The number of anilines is 2. The molecule has 21 heavy (non-hydrogen) atoms. The smallest absolute Gasteiger partial charge is 0.263 e. The van der Waals surface area contributed by atoms with Gasteiger partial charge in [0.2, 0.25) is 0 Å². The number of sulfonamides is 1. The Kier molecular flexibility index (Phi) is 4.40. The number of benzene rings is 2. The zero-order valence-corrected chi connectivity index (χ0v) is 13.4. The number of hydrogen-bond donors (Lipinski definition) is 2. The van der Waals surface area contributed by atoms with Crippen molar-refractivity contribution < 1.29 is 17.2 Å². The summed E-state index contributed by atoms with van der Waals surface area (Å²) < 4.78 is 53.3. The predicted octanol–water partition coefficient (Wildman–Crippen LogP) is 3.76. The minimum atomic E-state index is -4.15. The van der Waals surface area contributed by atoms with Crippen LogP contribution in [0.2, 0.25) is 5.02 Å². The lowest BCUT2D eigenvalue weighted by Gasteiger charge is -2.11. The van der Waals surface area contributed by atoms with Crippen LogP contribution in [0.25, 0.3) is 0 Å². The molecule has 0 aliphatic rings. The standard InChI is InChI=1S/C12H8BrClF2N2O2S/c13-7-4-8(15)10(17)5-12(7)21(19,20)18-11-2-1-6(14)3-9(11)16/h1-5,18H,17H2. The molecule has 0 saturated carbocycles. The van der Waals surface area contributed by atoms with Crippen molar-refractivity contribution in [3.05, 3.63) is 51.5 Å². The first-order valence-corrected chi connectivity index (χ1v) is 8.08. The van der Waals surface area contributed by atoms with E-state index in [9.17, 15) is 17.2 Å². The average Bonchev–Trinajstić information content (AvgIpc) is 2.37. The summed E-state index contributed by atoms with van der Waals surface area (Å²) in [5.74, 6) is -1.60. The molecule has 0 aliphatic heterocycles. The maximum Gasteiger partial charge on any atom is 0.263 e. The molecule has 0 unspecified atom stereocenters. The number of nitrogen functional groups attached to an aromatic ring is 1. The lowest BCUT2D eigenvalue weighted by atomic mass is 10.3. The van der Waals surface area contributed by atoms with E-state index < -0.39 is 21.7 Å². The molecule has 0 heterocycles. The molecule has 2 aromatic carbocycles. The van der Waals surface area contributed by atoms with E-state index in [1.54, 1.807) is 0 Å². The van der Waals surface area contributed by atoms with E-state index in [1.165, 1.54) is 12.1 Å². The molecular weight excluding hydrogens is 390 g/mol. The van der Waals surface area contributed by atoms with E-state index in [1.807, 2.05) is 4.72 Å². The largest absolute Gasteiger partial charge is 0.396 e. The Hall–Kier alpha value is -1.38. The number of hydrogen-bond acceptors (Lipinski definition) is 3. The van der Waals surface area contributed by atoms with E-state index in [4.69, 9.17) is 17.3 Å². The summed E-state index contributed by atoms with van der Waals surface area (Å²) in [6.45, 7) is 0. The molecule has 0 fully saturated rings. The van der Waals surface area contributed by atoms with E-state index in [-0.39, 0.29) is 25.8 Å². The van der Waals surface area contributed by atoms with Gasteiger partial charge in [-0.2, -0.15) is 0 Å². The maximum atomic E-state index is 13.6. The molecule has 0 amide bonds. The molecule has 2 rings (SSSR count). The highest BCUT2D eigenvalue weighted by molar-refractivity contribution is 9.10. The van der Waals surface area contributed by atoms with Crippen LogP contribution in [-0.4, -0.2) is 8.42 Å². The zero-order valence-electron chi connectivity index (χ0n) is 10.2. The van der Waals surface area contributed by atoms with Crippen molar-refractivity contribution in [2.24, 2.45) is 0 Å². The van der Waals surface area contributed by atoms with Gasteiger partial charge in [-0.3, -0.25) is 4.72 Å². The average molecular weight is 398 g/mol. The van der Waals surface area contributed by atoms with Crippen molar-refractivity contribution in [2.75, 3.05) is 10.5 Å². The van der Waals surface area contributed by atoms with Gasteiger partial charge in [0.25, 0.3) is 10.0 Å². The summed E-state index contributed by atoms with van der Waals surface area (Å²) >= 11 is 8.52. The van der Waals surface area contributed by atoms with Crippen LogP contribution in [0.15, 0.2) is 39.7 Å². The summed E-state index contributed by atoms with van der Waals surface area (Å²) in [4.78, 5) is -0.309. The molecule has 0 atom stereocenters. The number of nitrogens with one attached hydrogen (secondary N) is 1. The predicted molar refractivity (Wildman–Crippen MR) is 80.7 cm³/mol. The van der Waals surface area contributed by atoms with Crippen LogP contribution in [0.5, 0.6) is 0 Å². The van der Waals surface area contributed by atoms with Gasteiger partial charge < -0.3 is 5.73 Å². The molecule has 0 bridgehead atoms. The van der Waals surface area contributed by atoms with Gasteiger partial charge in [-0.1, -0.05) is 11.6 Å². The van der Waals surface area contributed by atoms with Gasteiger partial charge in [0.1, 0.15) is 16.5 Å². The van der Waals surface area contributed by atoms with Gasteiger partial charge >= 0.3 is 0 Å². The Morgan fingerprint density at radius 2 is 1.81 bits per heavy atom. The van der Waals surface area contributed by atoms with Crippen molar-refractivity contribution in [1.29, 1.82) is 0 Å². The molecule has 0 aromatic heterocycles. The lowest BCUT2D eigenvalue weighted by Crippen LogP contribution is -2.15. The fourth-order valence-electron chi connectivity index (χ4n) is 1.52. The molecular formula is C12H8BrClF2N2O2S. The number of nitrogens with two attached hydrogens (primary N) is 1. The van der Waals surface area contributed by atoms with Crippen LogP contribution in [-0.2, 0) is 10.0 Å². The monoisotopic (exact) mass is 396 g/mol. The van der Waals surface area contributed by atoms with Crippen LogP contribution in [0.1, 0.15) is 0 Å². The van der Waals surface area contributed by atoms with Crippen LogP contribution >= 0.6 is 27.5 Å². The highest BCUT2D eigenvalue weighted by Crippen LogP contribution is 2.29. The van der Waals surface area contributed by atoms with E-state index in [2.05, 4.69) is 15.9 Å². The van der Waals surface area contributed by atoms with Crippen LogP contribution in [0.3, 0.4) is 0 Å². The van der Waals surface area contributed by atoms with Gasteiger partial charge in [-0.15, -0.1) is 0 Å². The highest BCUT2D eigenvalue weighted by Gasteiger charge is 2.21. The van der Waals surface area contributed by atoms with E-state index in [0.717, 1.165) is 18.2 Å². The topological polar surface area (TPSA) is 72.2 Å². The van der Waals surface area contributed by atoms with Crippen molar-refractivity contribution in [1.82, 2.24) is 0 Å². The van der Waals surface area contributed by atoms with Gasteiger partial charge in [0, 0.05) is 9.50 Å². The molecule has 112 valence electrons. The second-order valence-corrected chi connectivity index (χ2v) is 6.98. The third-order valence-corrected chi connectivity index (χ3v) is 5.08. The number of halogens is 4. The van der Waals surface area contributed by atoms with Gasteiger partial charge in [-0.25, -0.2) is 17.2 Å². The first-order chi connectivity index (χ1) is 9.70. The van der Waals surface area contributed by atoms with E-state index >= 15 is 0 Å². The number of rotatable bonds is 3. The van der Waals surface area contributed by atoms with Gasteiger partial charge in [0.05, 0.1) is 11.4 Å². The van der Waals surface area contributed by atoms with Crippen molar-refractivity contribution in [3.8, 4) is 0 Å². The summed E-state index contributed by atoms with van der Waals surface area (Å²) in [6, 6.07) is 5.33. The second kappa shape index (κ2) is 5.78. The molecule has 3 N–H and O–H groups in total. The van der Waals surface area contributed by atoms with Gasteiger partial charge in [-0.05, 0) is 46.3 Å². The Bertz CT molecular complexity index is 815. The molecule has 4 nitrogen and oxygen atoms in total. The van der Waals surface area contributed by atoms with Crippen LogP contribution < -0.4 is 10.5 Å². The Labute approximate surface area is 133 Å². The Balaban J connectivity index is 2.46. The first-order valence-electron chi connectivity index (χ1n) is 5.43. The van der Waals surface area contributed by atoms with Crippen molar-refractivity contribution >= 4 is 48.9 Å². The van der Waals surface area contributed by atoms with Crippen LogP contribution in [0, 0.1) is 11.6 Å². The fourth-order valence-corrected chi connectivity index (χ4v) is 3.80. The van der Waals surface area contributed by atoms with Crippen molar-refractivity contribution in [2.45, 2.75) is 4.90 Å². The lowest BCUT2D eigenvalue weighted by molar-refractivity contribution is 0.597. The summed E-state index contributed by atoms with van der Waals surface area (Å²) in [7, 11) is -4.15. The zero-order chi connectivity index (χ0) is 15.8. The third kappa shape index (κ3) is 3.45. The fraction of sp³-hybridized carbons (Fsp3) is 0. The summed E-state index contributed by atoms with van der Waals surface area (Å²) in [6.07, 6.45) is 0. The first kappa shape index (κ1) is 16.0. The molecule has 0 aliphatic carbocycles. The minimum absolute atomic E-state index is 0.0314. The Morgan fingerprint density at radius 1 is 1.14 bits per heavy atom. The molecule has 0 saturated heterocycles. The highest BCUT2D eigenvalue weighted by atomic mass is 79.9. The molecule has 0 spiro atoms. The second-order valence-electron chi connectivity index (χ2n) is 4.03. The maximum absolute atomic E-state index is 13.6. The SMILES string of the molecule is Nc1cc(S(=O)(=O)Nc2ccc(Cl)cc2F)c(Br)cc1F. The molecule has 2 aromatic rings. The summed E-state index contributed by atoms with van der Waals surface area (Å²) in [5, 5.41) is 0.127. The molecule has 9 heteroatoms. The van der Waals surface area contributed by atoms with Crippen LogP contribution in [0.4, 0.5) is 20.2 Å². The minimum Gasteiger partial charge on any atom is -0.396 e. The van der Waals surface area contributed by atoms with E-state index in [0.29, 0.717) is 0 Å². The Morgan fingerprint density at radius 3 is 2.43 bits per heavy atom. The van der Waals surface area contributed by atoms with Gasteiger partial charge in [0.15, 0.2) is 0 Å². The third-order valence-electron chi connectivity index (χ3n) is 2.52. The van der Waals surface area contributed by atoms with Crippen molar-refractivity contribution in [3.63, 3.8) is 0 Å².